The van der Waals surface area contributed by atoms with Crippen LogP contribution in [0.2, 0.25) is 0 Å². The van der Waals surface area contributed by atoms with Crippen molar-refractivity contribution in [3.8, 4) is 0 Å². The van der Waals surface area contributed by atoms with Crippen LogP contribution in [0.3, 0.4) is 0 Å². The van der Waals surface area contributed by atoms with E-state index in [0.29, 0.717) is 0 Å². The lowest BCUT2D eigenvalue weighted by molar-refractivity contribution is 0.309. The maximum atomic E-state index is 4.61. The second kappa shape index (κ2) is 10.5. The van der Waals surface area contributed by atoms with Crippen LogP contribution in [0, 0.1) is 0 Å². The van der Waals surface area contributed by atoms with E-state index in [9.17, 15) is 0 Å². The van der Waals surface area contributed by atoms with E-state index in [1.54, 1.807) is 14.2 Å². The van der Waals surface area contributed by atoms with Crippen LogP contribution in [0.25, 0.3) is 0 Å². The van der Waals surface area contributed by atoms with Gasteiger partial charge in [0.1, 0.15) is 0 Å². The van der Waals surface area contributed by atoms with Crippen molar-refractivity contribution in [3.63, 3.8) is 0 Å². The molecule has 0 aliphatic rings. The van der Waals surface area contributed by atoms with Crippen molar-refractivity contribution < 1.29 is 8.85 Å². The molecular weight excluding hydrogens is 252 g/mol. The minimum Gasteiger partial charge on any atom is -0.402 e. The molecule has 0 saturated heterocycles. The summed E-state index contributed by atoms with van der Waals surface area (Å²) >= 11 is 0. The highest BCUT2D eigenvalue weighted by atomic mass is 28.3. The number of hydrogen-bond acceptors (Lipinski definition) is 2. The molecule has 2 aromatic carbocycles. The summed E-state index contributed by atoms with van der Waals surface area (Å²) in [5.74, 6) is 0. The fourth-order valence-electron chi connectivity index (χ4n) is 1.70. The molecule has 0 heterocycles. The van der Waals surface area contributed by atoms with E-state index in [2.05, 4.69) is 69.5 Å². The summed E-state index contributed by atoms with van der Waals surface area (Å²) in [6.07, 6.45) is 2.26. The first kappa shape index (κ1) is 15.6. The number of hydrogen-bond donors (Lipinski definition) is 0. The van der Waals surface area contributed by atoms with E-state index >= 15 is 0 Å². The average molecular weight is 274 g/mol. The van der Waals surface area contributed by atoms with E-state index in [1.807, 2.05) is 0 Å². The zero-order valence-corrected chi connectivity index (χ0v) is 13.1. The van der Waals surface area contributed by atoms with E-state index in [0.717, 1.165) is 12.8 Å². The molecule has 0 aliphatic heterocycles. The Kier molecular flexibility index (Phi) is 8.64. The molecule has 2 rings (SSSR count). The highest BCUT2D eigenvalue weighted by Crippen LogP contribution is 2.06. The summed E-state index contributed by atoms with van der Waals surface area (Å²) in [6.45, 7) is 0. The highest BCUT2D eigenvalue weighted by Gasteiger charge is 1.93. The lowest BCUT2D eigenvalue weighted by Gasteiger charge is -2.01. The molecule has 0 spiro atoms. The molecule has 2 aromatic rings. The number of rotatable bonds is 5. The molecule has 3 heteroatoms. The van der Waals surface area contributed by atoms with Crippen LogP contribution in [-0.2, 0) is 21.7 Å². The van der Waals surface area contributed by atoms with Crippen molar-refractivity contribution in [2.75, 3.05) is 14.2 Å². The second-order valence-electron chi connectivity index (χ2n) is 4.17. The van der Waals surface area contributed by atoms with Gasteiger partial charge in [-0.05, 0) is 24.0 Å². The first-order valence-corrected chi connectivity index (χ1v) is 7.58. The smallest absolute Gasteiger partial charge is 0.303 e. The van der Waals surface area contributed by atoms with E-state index in [-0.39, 0.29) is 0 Å². The van der Waals surface area contributed by atoms with Gasteiger partial charge in [-0.25, -0.2) is 0 Å². The Morgan fingerprint density at radius 1 is 0.684 bits per heavy atom. The largest absolute Gasteiger partial charge is 0.402 e. The molecule has 0 radical (unpaired) electrons. The SMILES string of the molecule is CO[SiH2]OC.c1ccc(CCc2ccccc2)cc1. The summed E-state index contributed by atoms with van der Waals surface area (Å²) < 4.78 is 9.22. The van der Waals surface area contributed by atoms with Gasteiger partial charge in [-0.3, -0.25) is 0 Å². The Labute approximate surface area is 118 Å². The third-order valence-electron chi connectivity index (χ3n) is 2.62. The van der Waals surface area contributed by atoms with Gasteiger partial charge in [-0.2, -0.15) is 0 Å². The van der Waals surface area contributed by atoms with E-state index < -0.39 is 10.0 Å². The lowest BCUT2D eigenvalue weighted by Crippen LogP contribution is -1.93. The molecule has 0 unspecified atom stereocenters. The molecule has 0 aliphatic carbocycles. The molecule has 0 atom stereocenters. The summed E-state index contributed by atoms with van der Waals surface area (Å²) in [7, 11) is 2.73. The lowest BCUT2D eigenvalue weighted by atomic mass is 10.0. The average Bonchev–Trinajstić information content (AvgIpc) is 2.49. The molecule has 0 fully saturated rings. The fraction of sp³-hybridized carbons (Fsp3) is 0.250. The standard InChI is InChI=1S/C14H14.C2H8O2Si/c1-3-7-13(8-4-1)11-12-14-9-5-2-6-10-14;1-3-5-4-2/h1-10H,11-12H2;5H2,1-2H3. The zero-order valence-electron chi connectivity index (χ0n) is 11.7. The normalized spacial score (nSPS) is 9.58. The van der Waals surface area contributed by atoms with Gasteiger partial charge < -0.3 is 8.85 Å². The third-order valence-corrected chi connectivity index (χ3v) is 3.10. The van der Waals surface area contributed by atoms with Gasteiger partial charge in [0.25, 0.3) is 0 Å². The Bertz CT molecular complexity index is 376. The Hall–Kier alpha value is -1.42. The van der Waals surface area contributed by atoms with Crippen LogP contribution in [-0.4, -0.2) is 24.2 Å². The minimum atomic E-state index is -0.568. The molecule has 102 valence electrons. The fourth-order valence-corrected chi connectivity index (χ4v) is 1.93. The van der Waals surface area contributed by atoms with E-state index in [4.69, 9.17) is 0 Å². The summed E-state index contributed by atoms with van der Waals surface area (Å²) in [4.78, 5) is 0. The van der Waals surface area contributed by atoms with Crippen molar-refractivity contribution >= 4 is 10.0 Å². The Balaban J connectivity index is 0.000000312. The van der Waals surface area contributed by atoms with Crippen LogP contribution < -0.4 is 0 Å². The Morgan fingerprint density at radius 2 is 1.05 bits per heavy atom. The monoisotopic (exact) mass is 274 g/mol. The molecule has 0 bridgehead atoms. The maximum Gasteiger partial charge on any atom is 0.303 e. The zero-order chi connectivity index (χ0) is 13.8. The molecular formula is C16H22O2Si. The van der Waals surface area contributed by atoms with Gasteiger partial charge >= 0.3 is 10.0 Å². The van der Waals surface area contributed by atoms with E-state index in [1.165, 1.54) is 11.1 Å². The van der Waals surface area contributed by atoms with Crippen molar-refractivity contribution in [1.82, 2.24) is 0 Å². The first-order chi connectivity index (χ1) is 9.36. The molecule has 0 saturated carbocycles. The van der Waals surface area contributed by atoms with Gasteiger partial charge in [-0.15, -0.1) is 0 Å². The van der Waals surface area contributed by atoms with Crippen LogP contribution in [0.15, 0.2) is 60.7 Å². The van der Waals surface area contributed by atoms with Crippen LogP contribution in [0.5, 0.6) is 0 Å². The van der Waals surface area contributed by atoms with Crippen LogP contribution >= 0.6 is 0 Å². The summed E-state index contributed by atoms with van der Waals surface area (Å²) in [5.41, 5.74) is 2.83. The number of benzene rings is 2. The summed E-state index contributed by atoms with van der Waals surface area (Å²) in [5, 5.41) is 0. The van der Waals surface area contributed by atoms with Crippen molar-refractivity contribution in [2.45, 2.75) is 12.8 Å². The molecule has 19 heavy (non-hydrogen) atoms. The van der Waals surface area contributed by atoms with Gasteiger partial charge in [-0.1, -0.05) is 60.7 Å². The minimum absolute atomic E-state index is 0.568. The maximum absolute atomic E-state index is 4.61. The molecule has 2 nitrogen and oxygen atoms in total. The van der Waals surface area contributed by atoms with Crippen LogP contribution in [0.4, 0.5) is 0 Å². The van der Waals surface area contributed by atoms with Crippen molar-refractivity contribution in [1.29, 1.82) is 0 Å². The third kappa shape index (κ3) is 7.57. The van der Waals surface area contributed by atoms with Crippen molar-refractivity contribution in [3.05, 3.63) is 71.8 Å². The van der Waals surface area contributed by atoms with Gasteiger partial charge in [0.2, 0.25) is 0 Å². The topological polar surface area (TPSA) is 18.5 Å². The number of aryl methyl sites for hydroxylation is 2. The van der Waals surface area contributed by atoms with Gasteiger partial charge in [0.05, 0.1) is 0 Å². The summed E-state index contributed by atoms with van der Waals surface area (Å²) in [6, 6.07) is 21.2. The molecule has 0 aromatic heterocycles. The van der Waals surface area contributed by atoms with Crippen molar-refractivity contribution in [2.24, 2.45) is 0 Å². The predicted molar refractivity (Wildman–Crippen MR) is 82.9 cm³/mol. The van der Waals surface area contributed by atoms with Gasteiger partial charge in [0, 0.05) is 14.2 Å². The Morgan fingerprint density at radius 3 is 1.32 bits per heavy atom. The second-order valence-corrected chi connectivity index (χ2v) is 5.56. The first-order valence-electron chi connectivity index (χ1n) is 6.42. The molecule has 0 amide bonds. The van der Waals surface area contributed by atoms with Crippen LogP contribution in [0.1, 0.15) is 11.1 Å². The highest BCUT2D eigenvalue weighted by molar-refractivity contribution is 6.17. The predicted octanol–water partition coefficient (Wildman–Crippen LogP) is 2.75. The quantitative estimate of drug-likeness (QED) is 0.781. The van der Waals surface area contributed by atoms with Gasteiger partial charge in [0.15, 0.2) is 0 Å². The molecule has 0 N–H and O–H groups in total.